The van der Waals surface area contributed by atoms with Crippen molar-refractivity contribution in [1.82, 2.24) is 0 Å². The van der Waals surface area contributed by atoms with Crippen LogP contribution in [-0.2, 0) is 6.42 Å². The van der Waals surface area contributed by atoms with Gasteiger partial charge in [0.25, 0.3) is 0 Å². The van der Waals surface area contributed by atoms with Gasteiger partial charge in [-0.3, -0.25) is 0 Å². The molecule has 0 bridgehead atoms. The van der Waals surface area contributed by atoms with Gasteiger partial charge < -0.3 is 5.11 Å². The summed E-state index contributed by atoms with van der Waals surface area (Å²) in [5.74, 6) is 0. The molecular weight excluding hydrogens is 148 g/mol. The average Bonchev–Trinajstić information content (AvgIpc) is 2.09. The van der Waals surface area contributed by atoms with E-state index in [-0.39, 0.29) is 0 Å². The Labute approximate surface area is 74.1 Å². The van der Waals surface area contributed by atoms with Crippen molar-refractivity contribution in [3.63, 3.8) is 0 Å². The molecule has 0 aliphatic carbocycles. The van der Waals surface area contributed by atoms with Crippen molar-refractivity contribution in [2.45, 2.75) is 26.2 Å². The first-order valence-corrected chi connectivity index (χ1v) is 4.35. The van der Waals surface area contributed by atoms with Crippen LogP contribution in [0.4, 0.5) is 0 Å². The summed E-state index contributed by atoms with van der Waals surface area (Å²) in [5.41, 5.74) is 2.73. The first-order valence-electron chi connectivity index (χ1n) is 4.35. The number of hydrogen-bond donors (Lipinski definition) is 1. The molecule has 1 radical (unpaired) electrons. The average molecular weight is 163 g/mol. The van der Waals surface area contributed by atoms with E-state index in [2.05, 4.69) is 31.2 Å². The van der Waals surface area contributed by atoms with Gasteiger partial charge in [-0.15, -0.1) is 0 Å². The summed E-state index contributed by atoms with van der Waals surface area (Å²) in [6, 6.07) is 8.38. The van der Waals surface area contributed by atoms with Crippen LogP contribution in [-0.4, -0.2) is 5.11 Å². The van der Waals surface area contributed by atoms with Crippen molar-refractivity contribution in [2.24, 2.45) is 0 Å². The van der Waals surface area contributed by atoms with E-state index >= 15 is 0 Å². The highest BCUT2D eigenvalue weighted by atomic mass is 16.2. The Morgan fingerprint density at radius 2 is 2.08 bits per heavy atom. The Morgan fingerprint density at radius 1 is 1.33 bits per heavy atom. The molecule has 1 N–H and O–H groups in total. The zero-order valence-corrected chi connectivity index (χ0v) is 7.46. The number of unbranched alkanes of at least 4 members (excludes halogenated alkanes) is 1. The van der Waals surface area contributed by atoms with Crippen LogP contribution in [0.2, 0.25) is 0 Å². The summed E-state index contributed by atoms with van der Waals surface area (Å²) in [5, 5.41) is 8.49. The maximum atomic E-state index is 8.49. The Bertz CT molecular complexity index is 230. The van der Waals surface area contributed by atoms with Gasteiger partial charge in [0, 0.05) is 0 Å². The standard InChI is InChI=1S/C11H15O/c1-10-6-2-3-7-11(10)8-4-5-9-12/h2-3,6-7,9,12H,4-5,8H2,1H3. The number of hydrogen-bond acceptors (Lipinski definition) is 1. The molecule has 0 aliphatic rings. The first kappa shape index (κ1) is 9.27. The van der Waals surface area contributed by atoms with Gasteiger partial charge in [-0.1, -0.05) is 24.3 Å². The minimum absolute atomic E-state index is 0.786. The van der Waals surface area contributed by atoms with Crippen LogP contribution < -0.4 is 0 Å². The SMILES string of the molecule is Cc1ccccc1CCC[CH]O. The molecule has 0 saturated heterocycles. The molecule has 0 fully saturated rings. The quantitative estimate of drug-likeness (QED) is 0.677. The van der Waals surface area contributed by atoms with E-state index in [1.165, 1.54) is 17.7 Å². The second kappa shape index (κ2) is 4.94. The Kier molecular flexibility index (Phi) is 3.81. The van der Waals surface area contributed by atoms with Crippen LogP contribution in [0.1, 0.15) is 24.0 Å². The molecule has 0 spiro atoms. The van der Waals surface area contributed by atoms with Crippen molar-refractivity contribution >= 4 is 0 Å². The van der Waals surface area contributed by atoms with E-state index < -0.39 is 0 Å². The summed E-state index contributed by atoms with van der Waals surface area (Å²) in [7, 11) is 0. The largest absolute Gasteiger partial charge is 0.390 e. The predicted molar refractivity (Wildman–Crippen MR) is 50.4 cm³/mol. The topological polar surface area (TPSA) is 20.2 Å². The lowest BCUT2D eigenvalue weighted by Gasteiger charge is -2.03. The zero-order chi connectivity index (χ0) is 8.81. The molecule has 0 aliphatic heterocycles. The molecule has 1 aromatic carbocycles. The third kappa shape index (κ3) is 2.67. The molecule has 12 heavy (non-hydrogen) atoms. The molecule has 0 heterocycles. The van der Waals surface area contributed by atoms with Crippen molar-refractivity contribution in [3.8, 4) is 0 Å². The number of aliphatic hydroxyl groups excluding tert-OH is 1. The van der Waals surface area contributed by atoms with Gasteiger partial charge >= 0.3 is 0 Å². The van der Waals surface area contributed by atoms with Crippen molar-refractivity contribution in [1.29, 1.82) is 0 Å². The maximum Gasteiger partial charge on any atom is 0.0799 e. The maximum absolute atomic E-state index is 8.49. The van der Waals surface area contributed by atoms with Crippen LogP contribution >= 0.6 is 0 Å². The van der Waals surface area contributed by atoms with Crippen LogP contribution in [0.25, 0.3) is 0 Å². The molecule has 65 valence electrons. The van der Waals surface area contributed by atoms with Gasteiger partial charge in [0.05, 0.1) is 6.61 Å². The van der Waals surface area contributed by atoms with Gasteiger partial charge in [0.15, 0.2) is 0 Å². The van der Waals surface area contributed by atoms with Crippen molar-refractivity contribution in [3.05, 3.63) is 42.0 Å². The molecular formula is C11H15O. The molecule has 0 aromatic heterocycles. The molecule has 1 aromatic rings. The fourth-order valence-electron chi connectivity index (χ4n) is 1.27. The molecule has 1 heteroatoms. The minimum Gasteiger partial charge on any atom is -0.390 e. The number of rotatable bonds is 4. The highest BCUT2D eigenvalue weighted by Gasteiger charge is 1.95. The number of aliphatic hydroxyl groups is 1. The van der Waals surface area contributed by atoms with Crippen LogP contribution in [0.5, 0.6) is 0 Å². The summed E-state index contributed by atoms with van der Waals surface area (Å²) in [4.78, 5) is 0. The summed E-state index contributed by atoms with van der Waals surface area (Å²) >= 11 is 0. The van der Waals surface area contributed by atoms with E-state index in [0.717, 1.165) is 19.3 Å². The number of aryl methyl sites for hydroxylation is 2. The molecule has 0 unspecified atom stereocenters. The number of benzene rings is 1. The molecule has 1 nitrogen and oxygen atoms in total. The second-order valence-corrected chi connectivity index (χ2v) is 3.00. The van der Waals surface area contributed by atoms with Crippen molar-refractivity contribution in [2.75, 3.05) is 0 Å². The normalized spacial score (nSPS) is 10.2. The van der Waals surface area contributed by atoms with Gasteiger partial charge in [-0.2, -0.15) is 0 Å². The third-order valence-electron chi connectivity index (χ3n) is 2.04. The summed E-state index contributed by atoms with van der Waals surface area (Å²) in [6.07, 6.45) is 2.87. The third-order valence-corrected chi connectivity index (χ3v) is 2.04. The van der Waals surface area contributed by atoms with Crippen LogP contribution in [0.15, 0.2) is 24.3 Å². The van der Waals surface area contributed by atoms with E-state index in [4.69, 9.17) is 5.11 Å². The van der Waals surface area contributed by atoms with Crippen LogP contribution in [0, 0.1) is 13.5 Å². The minimum atomic E-state index is 0.786. The lowest BCUT2D eigenvalue weighted by atomic mass is 10.0. The van der Waals surface area contributed by atoms with Gasteiger partial charge in [0.2, 0.25) is 0 Å². The highest BCUT2D eigenvalue weighted by Crippen LogP contribution is 2.10. The predicted octanol–water partition coefficient (Wildman–Crippen LogP) is 2.85. The van der Waals surface area contributed by atoms with Gasteiger partial charge in [0.1, 0.15) is 0 Å². The lowest BCUT2D eigenvalue weighted by Crippen LogP contribution is -1.89. The monoisotopic (exact) mass is 163 g/mol. The van der Waals surface area contributed by atoms with E-state index in [1.54, 1.807) is 0 Å². The zero-order valence-electron chi connectivity index (χ0n) is 7.46. The van der Waals surface area contributed by atoms with Gasteiger partial charge in [-0.25, -0.2) is 0 Å². The smallest absolute Gasteiger partial charge is 0.0799 e. The van der Waals surface area contributed by atoms with E-state index in [9.17, 15) is 0 Å². The first-order chi connectivity index (χ1) is 5.84. The van der Waals surface area contributed by atoms with Gasteiger partial charge in [-0.05, 0) is 37.3 Å². The Hall–Kier alpha value is -0.820. The van der Waals surface area contributed by atoms with Crippen molar-refractivity contribution < 1.29 is 5.11 Å². The fourth-order valence-corrected chi connectivity index (χ4v) is 1.27. The molecule has 0 saturated carbocycles. The van der Waals surface area contributed by atoms with E-state index in [0.29, 0.717) is 0 Å². The molecule has 0 amide bonds. The highest BCUT2D eigenvalue weighted by molar-refractivity contribution is 5.25. The fraction of sp³-hybridized carbons (Fsp3) is 0.364. The molecule has 0 atom stereocenters. The lowest BCUT2D eigenvalue weighted by molar-refractivity contribution is 0.370. The molecule has 1 rings (SSSR count). The van der Waals surface area contributed by atoms with Crippen LogP contribution in [0.3, 0.4) is 0 Å². The second-order valence-electron chi connectivity index (χ2n) is 3.00. The van der Waals surface area contributed by atoms with E-state index in [1.807, 2.05) is 0 Å². The Morgan fingerprint density at radius 3 is 2.75 bits per heavy atom. The summed E-state index contributed by atoms with van der Waals surface area (Å²) < 4.78 is 0. The summed E-state index contributed by atoms with van der Waals surface area (Å²) in [6.45, 7) is 3.36. The Balaban J connectivity index is 2.46.